The van der Waals surface area contributed by atoms with E-state index in [1.54, 1.807) is 11.4 Å². The second kappa shape index (κ2) is 6.46. The molecular weight excluding hydrogens is 421 g/mol. The number of rotatable bonds is 4. The lowest BCUT2D eigenvalue weighted by Crippen LogP contribution is -2.26. The first-order chi connectivity index (χ1) is 11.7. The topological polar surface area (TPSA) is 70.7 Å². The molecule has 132 valence electrons. The lowest BCUT2D eigenvalue weighted by molar-refractivity contribution is -0.142. The number of hydrogen-bond acceptors (Lipinski definition) is 4. The van der Waals surface area contributed by atoms with Gasteiger partial charge >= 0.3 is 6.18 Å². The molecule has 0 bridgehead atoms. The maximum absolute atomic E-state index is 13.2. The Balaban J connectivity index is 1.92. The molecule has 0 aromatic carbocycles. The van der Waals surface area contributed by atoms with Gasteiger partial charge in [0.05, 0.1) is 15.7 Å². The molecule has 2 aromatic rings. The third-order valence-corrected chi connectivity index (χ3v) is 5.50. The van der Waals surface area contributed by atoms with E-state index in [-0.39, 0.29) is 10.4 Å². The zero-order valence-electron chi connectivity index (χ0n) is 12.9. The van der Waals surface area contributed by atoms with Crippen molar-refractivity contribution in [3.8, 4) is 6.07 Å². The number of nitrogens with zero attached hydrogens (tertiary/aromatic N) is 3. The fourth-order valence-corrected chi connectivity index (χ4v) is 4.00. The number of alkyl halides is 3. The van der Waals surface area contributed by atoms with Gasteiger partial charge in [0.1, 0.15) is 17.1 Å². The summed E-state index contributed by atoms with van der Waals surface area (Å²) < 4.78 is 40.5. The van der Waals surface area contributed by atoms with Crippen molar-refractivity contribution in [1.82, 2.24) is 9.78 Å². The van der Waals surface area contributed by atoms with Crippen LogP contribution in [-0.4, -0.2) is 15.7 Å². The average molecular weight is 433 g/mol. The van der Waals surface area contributed by atoms with Gasteiger partial charge in [0.25, 0.3) is 0 Å². The maximum atomic E-state index is 13.2. The van der Waals surface area contributed by atoms with Gasteiger partial charge in [-0.05, 0) is 47.1 Å². The van der Waals surface area contributed by atoms with Crippen LogP contribution in [0, 0.1) is 11.3 Å². The third-order valence-electron chi connectivity index (χ3n) is 3.89. The Labute approximate surface area is 153 Å². The van der Waals surface area contributed by atoms with Crippen LogP contribution in [0.4, 0.5) is 18.2 Å². The number of thiophene rings is 1. The van der Waals surface area contributed by atoms with Crippen molar-refractivity contribution in [3.63, 3.8) is 0 Å². The monoisotopic (exact) mass is 432 g/mol. The summed E-state index contributed by atoms with van der Waals surface area (Å²) in [7, 11) is 0. The SMILES string of the molecule is CC(C(=O)Nc1sccc1C#N)n1nc(C(F)(F)F)c(Br)c1C1CC1. The van der Waals surface area contributed by atoms with Crippen molar-refractivity contribution in [2.24, 2.45) is 0 Å². The average Bonchev–Trinajstić information content (AvgIpc) is 3.16. The Morgan fingerprint density at radius 1 is 1.56 bits per heavy atom. The molecule has 0 radical (unpaired) electrons. The fourth-order valence-electron chi connectivity index (χ4n) is 2.45. The van der Waals surface area contributed by atoms with Gasteiger partial charge in [0, 0.05) is 5.92 Å². The van der Waals surface area contributed by atoms with E-state index in [0.717, 1.165) is 17.5 Å². The maximum Gasteiger partial charge on any atom is 0.436 e. The van der Waals surface area contributed by atoms with Crippen LogP contribution in [0.3, 0.4) is 0 Å². The van der Waals surface area contributed by atoms with Crippen LogP contribution < -0.4 is 5.32 Å². The quantitative estimate of drug-likeness (QED) is 0.762. The summed E-state index contributed by atoms with van der Waals surface area (Å²) in [6.07, 6.45) is -3.08. The van der Waals surface area contributed by atoms with Gasteiger partial charge in [-0.3, -0.25) is 9.48 Å². The minimum absolute atomic E-state index is 0.0374. The van der Waals surface area contributed by atoms with E-state index in [1.807, 2.05) is 6.07 Å². The van der Waals surface area contributed by atoms with Crippen molar-refractivity contribution in [2.45, 2.75) is 37.9 Å². The number of halogens is 4. The molecule has 10 heteroatoms. The minimum Gasteiger partial charge on any atom is -0.315 e. The molecule has 0 saturated heterocycles. The van der Waals surface area contributed by atoms with Crippen LogP contribution >= 0.6 is 27.3 Å². The number of anilines is 1. The Morgan fingerprint density at radius 2 is 2.24 bits per heavy atom. The number of amides is 1. The van der Waals surface area contributed by atoms with Crippen molar-refractivity contribution in [2.75, 3.05) is 5.32 Å². The molecule has 0 aliphatic heterocycles. The van der Waals surface area contributed by atoms with E-state index in [9.17, 15) is 18.0 Å². The van der Waals surface area contributed by atoms with Crippen LogP contribution in [0.15, 0.2) is 15.9 Å². The molecule has 2 aromatic heterocycles. The number of aromatic nitrogens is 2. The number of nitrogens with one attached hydrogen (secondary N) is 1. The molecular formula is C15H12BrF3N4OS. The molecule has 1 fully saturated rings. The highest BCUT2D eigenvalue weighted by molar-refractivity contribution is 9.10. The predicted octanol–water partition coefficient (Wildman–Crippen LogP) is 4.67. The first-order valence-corrected chi connectivity index (χ1v) is 9.04. The summed E-state index contributed by atoms with van der Waals surface area (Å²) in [4.78, 5) is 12.5. The summed E-state index contributed by atoms with van der Waals surface area (Å²) in [5.74, 6) is -0.561. The summed E-state index contributed by atoms with van der Waals surface area (Å²) >= 11 is 4.18. The van der Waals surface area contributed by atoms with Gasteiger partial charge in [-0.1, -0.05) is 0 Å². The van der Waals surface area contributed by atoms with Gasteiger partial charge < -0.3 is 5.32 Å². The fraction of sp³-hybridized carbons (Fsp3) is 0.400. The van der Waals surface area contributed by atoms with Gasteiger partial charge in [-0.25, -0.2) is 0 Å². The summed E-state index contributed by atoms with van der Waals surface area (Å²) in [5, 5.41) is 17.3. The second-order valence-corrected chi connectivity index (χ2v) is 7.41. The molecule has 1 saturated carbocycles. The van der Waals surface area contributed by atoms with E-state index in [0.29, 0.717) is 16.3 Å². The van der Waals surface area contributed by atoms with Crippen LogP contribution in [0.25, 0.3) is 0 Å². The van der Waals surface area contributed by atoms with E-state index >= 15 is 0 Å². The van der Waals surface area contributed by atoms with Crippen LogP contribution in [0.5, 0.6) is 0 Å². The van der Waals surface area contributed by atoms with Crippen LogP contribution in [0.2, 0.25) is 0 Å². The molecule has 2 heterocycles. The molecule has 1 unspecified atom stereocenters. The first-order valence-electron chi connectivity index (χ1n) is 7.37. The summed E-state index contributed by atoms with van der Waals surface area (Å²) in [6.45, 7) is 1.49. The Hall–Kier alpha value is -1.86. The minimum atomic E-state index is -4.61. The highest BCUT2D eigenvalue weighted by Crippen LogP contribution is 2.47. The number of carbonyl (C=O) groups excluding carboxylic acids is 1. The summed E-state index contributed by atoms with van der Waals surface area (Å²) in [6, 6.07) is 2.56. The third kappa shape index (κ3) is 3.43. The van der Waals surface area contributed by atoms with Crippen molar-refractivity contribution in [3.05, 3.63) is 32.9 Å². The lowest BCUT2D eigenvalue weighted by atomic mass is 10.2. The van der Waals surface area contributed by atoms with E-state index in [2.05, 4.69) is 26.3 Å². The largest absolute Gasteiger partial charge is 0.436 e. The van der Waals surface area contributed by atoms with Crippen LogP contribution in [0.1, 0.15) is 48.7 Å². The molecule has 1 atom stereocenters. The first kappa shape index (κ1) is 17.9. The van der Waals surface area contributed by atoms with Gasteiger partial charge in [-0.2, -0.15) is 23.5 Å². The van der Waals surface area contributed by atoms with E-state index < -0.39 is 23.8 Å². The Kier molecular flexibility index (Phi) is 4.64. The normalized spacial score (nSPS) is 15.7. The van der Waals surface area contributed by atoms with Crippen molar-refractivity contribution < 1.29 is 18.0 Å². The predicted molar refractivity (Wildman–Crippen MR) is 89.3 cm³/mol. The number of carbonyl (C=O) groups is 1. The van der Waals surface area contributed by atoms with Gasteiger partial charge in [0.15, 0.2) is 5.69 Å². The standard InChI is InChI=1S/C15H12BrF3N4OS/c1-7(13(24)21-14-9(6-20)4-5-25-14)23-11(8-2-3-8)10(16)12(22-23)15(17,18)19/h4-5,7-8H,2-3H2,1H3,(H,21,24). The smallest absolute Gasteiger partial charge is 0.315 e. The molecule has 1 aliphatic rings. The molecule has 25 heavy (non-hydrogen) atoms. The molecule has 1 amide bonds. The molecule has 5 nitrogen and oxygen atoms in total. The summed E-state index contributed by atoms with van der Waals surface area (Å²) in [5.41, 5.74) is -0.324. The second-order valence-electron chi connectivity index (χ2n) is 5.70. The van der Waals surface area contributed by atoms with Crippen molar-refractivity contribution in [1.29, 1.82) is 5.26 Å². The van der Waals surface area contributed by atoms with Crippen molar-refractivity contribution >= 4 is 38.2 Å². The molecule has 1 N–H and O–H groups in total. The Morgan fingerprint density at radius 3 is 2.80 bits per heavy atom. The number of hydrogen-bond donors (Lipinski definition) is 1. The van der Waals surface area contributed by atoms with Crippen LogP contribution in [-0.2, 0) is 11.0 Å². The zero-order chi connectivity index (χ0) is 18.4. The molecule has 0 spiro atoms. The lowest BCUT2D eigenvalue weighted by Gasteiger charge is -2.15. The zero-order valence-corrected chi connectivity index (χ0v) is 15.3. The van der Waals surface area contributed by atoms with E-state index in [1.165, 1.54) is 18.3 Å². The highest BCUT2D eigenvalue weighted by atomic mass is 79.9. The number of nitriles is 1. The highest BCUT2D eigenvalue weighted by Gasteiger charge is 2.43. The van der Waals surface area contributed by atoms with E-state index in [4.69, 9.17) is 5.26 Å². The van der Waals surface area contributed by atoms with Gasteiger partial charge in [-0.15, -0.1) is 11.3 Å². The van der Waals surface area contributed by atoms with Gasteiger partial charge in [0.2, 0.25) is 5.91 Å². The Bertz CT molecular complexity index is 863. The molecule has 3 rings (SSSR count). The molecule has 1 aliphatic carbocycles.